The second kappa shape index (κ2) is 6.04. The molecule has 0 spiro atoms. The van der Waals surface area contributed by atoms with Crippen molar-refractivity contribution in [3.05, 3.63) is 46.1 Å². The Morgan fingerprint density at radius 3 is 3.00 bits per heavy atom. The third kappa shape index (κ3) is 3.68. The summed E-state index contributed by atoms with van der Waals surface area (Å²) in [6, 6.07) is 7.21. The van der Waals surface area contributed by atoms with Crippen LogP contribution in [0.15, 0.2) is 35.5 Å². The number of carbonyl (C=O) groups excluding carboxylic acids is 1. The molecule has 4 nitrogen and oxygen atoms in total. The maximum absolute atomic E-state index is 11.9. The Morgan fingerprint density at radius 2 is 2.32 bits per heavy atom. The van der Waals surface area contributed by atoms with Crippen LogP contribution in [-0.2, 0) is 16.1 Å². The van der Waals surface area contributed by atoms with E-state index < -0.39 is 0 Å². The number of carbonyl (C=O) groups is 1. The molecule has 1 aliphatic rings. The molecule has 2 N–H and O–H groups in total. The molecule has 0 radical (unpaired) electrons. The number of nitrogens with one attached hydrogen (secondary N) is 2. The summed E-state index contributed by atoms with van der Waals surface area (Å²) >= 11 is 10.8. The van der Waals surface area contributed by atoms with Crippen molar-refractivity contribution in [2.75, 3.05) is 6.54 Å². The van der Waals surface area contributed by atoms with Gasteiger partial charge >= 0.3 is 5.97 Å². The third-order valence-corrected chi connectivity index (χ3v) is 3.17. The normalized spacial score (nSPS) is 14.7. The summed E-state index contributed by atoms with van der Waals surface area (Å²) in [7, 11) is 0. The van der Waals surface area contributed by atoms with Gasteiger partial charge in [-0.15, -0.1) is 0 Å². The van der Waals surface area contributed by atoms with Gasteiger partial charge in [-0.25, -0.2) is 4.79 Å². The monoisotopic (exact) mass is 296 g/mol. The largest absolute Gasteiger partial charge is 0.457 e. The van der Waals surface area contributed by atoms with E-state index in [1.54, 1.807) is 19.1 Å². The van der Waals surface area contributed by atoms with Crippen LogP contribution in [0.3, 0.4) is 0 Å². The number of thiocarbonyl (C=S) groups is 1. The van der Waals surface area contributed by atoms with Crippen molar-refractivity contribution < 1.29 is 9.53 Å². The van der Waals surface area contributed by atoms with Crippen molar-refractivity contribution in [2.24, 2.45) is 0 Å². The highest BCUT2D eigenvalue weighted by Gasteiger charge is 2.19. The summed E-state index contributed by atoms with van der Waals surface area (Å²) in [6.45, 7) is 2.37. The zero-order valence-electron chi connectivity index (χ0n) is 10.3. The molecule has 0 atom stereocenters. The molecule has 0 aliphatic carbocycles. The van der Waals surface area contributed by atoms with E-state index >= 15 is 0 Å². The van der Waals surface area contributed by atoms with Crippen LogP contribution in [0.4, 0.5) is 0 Å². The average molecular weight is 297 g/mol. The van der Waals surface area contributed by atoms with Crippen molar-refractivity contribution >= 4 is 34.9 Å². The standard InChI is InChI=1S/C13H13ClN2O2S/c1-8-11(6-15-13(19)16-8)12(17)18-7-9-3-2-4-10(14)5-9/h2-5H,6-7H2,1H3,(H2,15,16,19). The van der Waals surface area contributed by atoms with Gasteiger partial charge in [0.25, 0.3) is 0 Å². The quantitative estimate of drug-likeness (QED) is 0.661. The first-order chi connectivity index (χ1) is 9.06. The molecule has 100 valence electrons. The molecule has 1 aromatic carbocycles. The lowest BCUT2D eigenvalue weighted by molar-refractivity contribution is -0.140. The van der Waals surface area contributed by atoms with Crippen molar-refractivity contribution in [1.82, 2.24) is 10.6 Å². The summed E-state index contributed by atoms with van der Waals surface area (Å²) in [5.74, 6) is -0.361. The van der Waals surface area contributed by atoms with Gasteiger partial charge < -0.3 is 15.4 Å². The lowest BCUT2D eigenvalue weighted by atomic mass is 10.2. The van der Waals surface area contributed by atoms with Gasteiger partial charge in [0, 0.05) is 10.7 Å². The molecular weight excluding hydrogens is 284 g/mol. The predicted octanol–water partition coefficient (Wildman–Crippen LogP) is 2.13. The first-order valence-corrected chi connectivity index (χ1v) is 6.51. The van der Waals surface area contributed by atoms with Crippen LogP contribution in [-0.4, -0.2) is 17.6 Å². The zero-order valence-corrected chi connectivity index (χ0v) is 11.9. The molecule has 0 fully saturated rings. The topological polar surface area (TPSA) is 50.4 Å². The Morgan fingerprint density at radius 1 is 1.53 bits per heavy atom. The number of hydrogen-bond acceptors (Lipinski definition) is 3. The number of benzene rings is 1. The number of halogens is 1. The fourth-order valence-corrected chi connectivity index (χ4v) is 2.12. The maximum atomic E-state index is 11.9. The summed E-state index contributed by atoms with van der Waals surface area (Å²) in [5, 5.41) is 6.92. The van der Waals surface area contributed by atoms with Crippen LogP contribution in [0.1, 0.15) is 12.5 Å². The minimum atomic E-state index is -0.361. The number of esters is 1. The first-order valence-electron chi connectivity index (χ1n) is 5.72. The highest BCUT2D eigenvalue weighted by Crippen LogP contribution is 2.13. The van der Waals surface area contributed by atoms with Gasteiger partial charge in [0.15, 0.2) is 5.11 Å². The number of ether oxygens (including phenoxy) is 1. The Hall–Kier alpha value is -1.59. The molecule has 6 heteroatoms. The molecule has 1 heterocycles. The van der Waals surface area contributed by atoms with Gasteiger partial charge in [-0.05, 0) is 36.8 Å². The number of rotatable bonds is 3. The maximum Gasteiger partial charge on any atom is 0.337 e. The van der Waals surface area contributed by atoms with Crippen molar-refractivity contribution in [3.63, 3.8) is 0 Å². The smallest absolute Gasteiger partial charge is 0.337 e. The van der Waals surface area contributed by atoms with E-state index in [0.29, 0.717) is 22.3 Å². The fourth-order valence-electron chi connectivity index (χ4n) is 1.68. The van der Waals surface area contributed by atoms with Gasteiger partial charge in [0.05, 0.1) is 12.1 Å². The molecule has 19 heavy (non-hydrogen) atoms. The summed E-state index contributed by atoms with van der Waals surface area (Å²) in [4.78, 5) is 11.9. The van der Waals surface area contributed by atoms with Gasteiger partial charge in [-0.3, -0.25) is 0 Å². The molecule has 1 aliphatic heterocycles. The van der Waals surface area contributed by atoms with E-state index in [0.717, 1.165) is 11.3 Å². The molecule has 0 bridgehead atoms. The SMILES string of the molecule is CC1=C(C(=O)OCc2cccc(Cl)c2)CNC(=S)N1. The number of hydrogen-bond donors (Lipinski definition) is 2. The van der Waals surface area contributed by atoms with E-state index in [2.05, 4.69) is 10.6 Å². The number of allylic oxidation sites excluding steroid dienone is 1. The lowest BCUT2D eigenvalue weighted by Gasteiger charge is -2.20. The van der Waals surface area contributed by atoms with Gasteiger partial charge in [0.1, 0.15) is 6.61 Å². The fraction of sp³-hybridized carbons (Fsp3) is 0.231. The van der Waals surface area contributed by atoms with Gasteiger partial charge in [0.2, 0.25) is 0 Å². The van der Waals surface area contributed by atoms with E-state index in [9.17, 15) is 4.79 Å². The summed E-state index contributed by atoms with van der Waals surface area (Å²) < 4.78 is 5.25. The lowest BCUT2D eigenvalue weighted by Crippen LogP contribution is -2.42. The van der Waals surface area contributed by atoms with Crippen molar-refractivity contribution in [1.29, 1.82) is 0 Å². The van der Waals surface area contributed by atoms with Crippen LogP contribution < -0.4 is 10.6 Å². The van der Waals surface area contributed by atoms with Crippen LogP contribution in [0, 0.1) is 0 Å². The second-order valence-corrected chi connectivity index (χ2v) is 4.96. The Kier molecular flexibility index (Phi) is 4.39. The van der Waals surface area contributed by atoms with Crippen molar-refractivity contribution in [2.45, 2.75) is 13.5 Å². The molecule has 0 saturated heterocycles. The molecule has 0 aromatic heterocycles. The van der Waals surface area contributed by atoms with E-state index in [-0.39, 0.29) is 12.6 Å². The Labute approximate surface area is 121 Å². The molecular formula is C13H13ClN2O2S. The summed E-state index contributed by atoms with van der Waals surface area (Å²) in [5.41, 5.74) is 2.13. The molecule has 1 aromatic rings. The predicted molar refractivity (Wildman–Crippen MR) is 77.7 cm³/mol. The molecule has 0 unspecified atom stereocenters. The third-order valence-electron chi connectivity index (χ3n) is 2.68. The minimum Gasteiger partial charge on any atom is -0.457 e. The van der Waals surface area contributed by atoms with Crippen molar-refractivity contribution in [3.8, 4) is 0 Å². The van der Waals surface area contributed by atoms with Gasteiger partial charge in [-0.1, -0.05) is 23.7 Å². The molecule has 0 amide bonds. The highest BCUT2D eigenvalue weighted by molar-refractivity contribution is 7.80. The van der Waals surface area contributed by atoms with E-state index in [4.69, 9.17) is 28.6 Å². The summed E-state index contributed by atoms with van der Waals surface area (Å²) in [6.07, 6.45) is 0. The molecule has 0 saturated carbocycles. The van der Waals surface area contributed by atoms with Crippen LogP contribution >= 0.6 is 23.8 Å². The zero-order chi connectivity index (χ0) is 13.8. The van der Waals surface area contributed by atoms with Crippen LogP contribution in [0.2, 0.25) is 5.02 Å². The highest BCUT2D eigenvalue weighted by atomic mass is 35.5. The second-order valence-electron chi connectivity index (χ2n) is 4.12. The first kappa shape index (κ1) is 13.8. The molecule has 2 rings (SSSR count). The Balaban J connectivity index is 1.98. The van der Waals surface area contributed by atoms with E-state index in [1.807, 2.05) is 12.1 Å². The average Bonchev–Trinajstić information content (AvgIpc) is 2.36. The van der Waals surface area contributed by atoms with Crippen LogP contribution in [0.25, 0.3) is 0 Å². The van der Waals surface area contributed by atoms with Gasteiger partial charge in [-0.2, -0.15) is 0 Å². The van der Waals surface area contributed by atoms with E-state index in [1.165, 1.54) is 0 Å². The minimum absolute atomic E-state index is 0.195. The van der Waals surface area contributed by atoms with Crippen LogP contribution in [0.5, 0.6) is 0 Å². The Bertz CT molecular complexity index is 557.